The summed E-state index contributed by atoms with van der Waals surface area (Å²) in [5.74, 6) is 0. The minimum absolute atomic E-state index is 0.136. The third kappa shape index (κ3) is 2.45. The Morgan fingerprint density at radius 3 is 2.55 bits per heavy atom. The maximum atomic E-state index is 12.8. The van der Waals surface area contributed by atoms with E-state index >= 15 is 0 Å². The first-order valence-electron chi connectivity index (χ1n) is 6.41. The molecule has 114 valence electrons. The molecule has 22 heavy (non-hydrogen) atoms. The number of sulfonamides is 1. The van der Waals surface area contributed by atoms with E-state index in [1.54, 1.807) is 30.5 Å². The van der Waals surface area contributed by atoms with Gasteiger partial charge in [0.05, 0.1) is 21.1 Å². The van der Waals surface area contributed by atoms with Gasteiger partial charge in [0.1, 0.15) is 0 Å². The Bertz CT molecular complexity index is 951. The van der Waals surface area contributed by atoms with E-state index in [-0.39, 0.29) is 4.90 Å². The summed E-state index contributed by atoms with van der Waals surface area (Å²) in [5, 5.41) is 1.69. The van der Waals surface area contributed by atoms with Crippen LogP contribution in [0.25, 0.3) is 10.9 Å². The second-order valence-electron chi connectivity index (χ2n) is 4.77. The van der Waals surface area contributed by atoms with Crippen LogP contribution in [0.2, 0.25) is 10.0 Å². The molecule has 4 nitrogen and oxygen atoms in total. The largest absolute Gasteiger partial charge is 0.358 e. The first kappa shape index (κ1) is 15.2. The molecule has 0 saturated carbocycles. The van der Waals surface area contributed by atoms with Crippen LogP contribution in [0.15, 0.2) is 53.6 Å². The van der Waals surface area contributed by atoms with Crippen LogP contribution < -0.4 is 4.31 Å². The zero-order valence-electron chi connectivity index (χ0n) is 11.5. The quantitative estimate of drug-likeness (QED) is 0.762. The van der Waals surface area contributed by atoms with Crippen LogP contribution in [0.3, 0.4) is 0 Å². The van der Waals surface area contributed by atoms with Gasteiger partial charge in [-0.05, 0) is 24.3 Å². The van der Waals surface area contributed by atoms with E-state index in [2.05, 4.69) is 4.98 Å². The molecule has 1 aromatic heterocycles. The van der Waals surface area contributed by atoms with Crippen molar-refractivity contribution in [2.75, 3.05) is 11.4 Å². The number of rotatable bonds is 3. The number of benzene rings is 2. The molecule has 7 heteroatoms. The lowest BCUT2D eigenvalue weighted by atomic mass is 10.2. The van der Waals surface area contributed by atoms with Crippen LogP contribution in [0, 0.1) is 0 Å². The van der Waals surface area contributed by atoms with Gasteiger partial charge in [0.2, 0.25) is 0 Å². The van der Waals surface area contributed by atoms with Gasteiger partial charge in [-0.3, -0.25) is 4.31 Å². The lowest BCUT2D eigenvalue weighted by Crippen LogP contribution is -2.26. The summed E-state index contributed by atoms with van der Waals surface area (Å²) < 4.78 is 26.7. The first-order chi connectivity index (χ1) is 10.4. The van der Waals surface area contributed by atoms with Gasteiger partial charge in [0, 0.05) is 23.7 Å². The van der Waals surface area contributed by atoms with E-state index in [1.165, 1.54) is 23.5 Å². The number of hydrogen-bond acceptors (Lipinski definition) is 2. The Kier molecular flexibility index (Phi) is 3.80. The zero-order valence-corrected chi connectivity index (χ0v) is 13.9. The van der Waals surface area contributed by atoms with Crippen molar-refractivity contribution >= 4 is 49.8 Å². The van der Waals surface area contributed by atoms with Crippen molar-refractivity contribution in [3.63, 3.8) is 0 Å². The molecule has 3 aromatic rings. The Labute approximate surface area is 138 Å². The molecule has 0 aliphatic carbocycles. The zero-order chi connectivity index (χ0) is 15.9. The number of hydrogen-bond donors (Lipinski definition) is 1. The number of aromatic nitrogens is 1. The summed E-state index contributed by atoms with van der Waals surface area (Å²) in [7, 11) is -2.21. The molecule has 0 aliphatic rings. The van der Waals surface area contributed by atoms with Crippen molar-refractivity contribution in [1.29, 1.82) is 0 Å². The van der Waals surface area contributed by atoms with Crippen LogP contribution in [0.4, 0.5) is 5.69 Å². The number of aromatic amines is 1. The fourth-order valence-corrected chi connectivity index (χ4v) is 4.00. The average molecular weight is 355 g/mol. The van der Waals surface area contributed by atoms with Crippen molar-refractivity contribution in [3.8, 4) is 0 Å². The van der Waals surface area contributed by atoms with Crippen LogP contribution in [-0.4, -0.2) is 20.4 Å². The highest BCUT2D eigenvalue weighted by Crippen LogP contribution is 2.33. The fourth-order valence-electron chi connectivity index (χ4n) is 2.28. The van der Waals surface area contributed by atoms with Gasteiger partial charge in [0.15, 0.2) is 0 Å². The van der Waals surface area contributed by atoms with E-state index in [1.807, 2.05) is 6.07 Å². The van der Waals surface area contributed by atoms with Crippen molar-refractivity contribution in [1.82, 2.24) is 4.98 Å². The van der Waals surface area contributed by atoms with Gasteiger partial charge < -0.3 is 4.98 Å². The van der Waals surface area contributed by atoms with Crippen molar-refractivity contribution in [3.05, 3.63) is 58.7 Å². The Morgan fingerprint density at radius 1 is 1.09 bits per heavy atom. The Balaban J connectivity index is 2.15. The summed E-state index contributed by atoms with van der Waals surface area (Å²) in [4.78, 5) is 3.14. The molecule has 2 aromatic carbocycles. The van der Waals surface area contributed by atoms with Crippen LogP contribution in [0.1, 0.15) is 0 Å². The monoisotopic (exact) mass is 354 g/mol. The second kappa shape index (κ2) is 5.50. The molecule has 1 N–H and O–H groups in total. The summed E-state index contributed by atoms with van der Waals surface area (Å²) in [6.07, 6.45) is 1.63. The maximum Gasteiger partial charge on any atom is 0.264 e. The molecule has 0 atom stereocenters. The molecular formula is C15H12Cl2N2O2S. The third-order valence-electron chi connectivity index (χ3n) is 3.44. The Morgan fingerprint density at radius 2 is 1.82 bits per heavy atom. The van der Waals surface area contributed by atoms with Crippen molar-refractivity contribution in [2.45, 2.75) is 4.90 Å². The van der Waals surface area contributed by atoms with Gasteiger partial charge in [-0.15, -0.1) is 0 Å². The number of fused-ring (bicyclic) bond motifs is 1. The van der Waals surface area contributed by atoms with Crippen LogP contribution in [-0.2, 0) is 10.0 Å². The third-order valence-corrected chi connectivity index (χ3v) is 5.75. The van der Waals surface area contributed by atoms with Gasteiger partial charge >= 0.3 is 0 Å². The Hall–Kier alpha value is -1.69. The van der Waals surface area contributed by atoms with Gasteiger partial charge in [-0.1, -0.05) is 41.4 Å². The highest BCUT2D eigenvalue weighted by Gasteiger charge is 2.23. The summed E-state index contributed by atoms with van der Waals surface area (Å²) >= 11 is 12.0. The molecule has 0 fully saturated rings. The van der Waals surface area contributed by atoms with Gasteiger partial charge in [-0.2, -0.15) is 0 Å². The summed E-state index contributed by atoms with van der Waals surface area (Å²) in [6, 6.07) is 11.5. The first-order valence-corrected chi connectivity index (χ1v) is 8.61. The van der Waals surface area contributed by atoms with E-state index in [4.69, 9.17) is 23.2 Å². The summed E-state index contributed by atoms with van der Waals surface area (Å²) in [5.41, 5.74) is 1.19. The predicted octanol–water partition coefficient (Wildman–Crippen LogP) is 4.30. The maximum absolute atomic E-state index is 12.8. The van der Waals surface area contributed by atoms with Gasteiger partial charge in [0.25, 0.3) is 10.0 Å². The average Bonchev–Trinajstić information content (AvgIpc) is 2.88. The van der Waals surface area contributed by atoms with E-state index in [9.17, 15) is 8.42 Å². The second-order valence-corrected chi connectivity index (χ2v) is 7.58. The van der Waals surface area contributed by atoms with Crippen LogP contribution >= 0.6 is 23.2 Å². The molecule has 0 unspecified atom stereocenters. The molecular weight excluding hydrogens is 343 g/mol. The topological polar surface area (TPSA) is 53.2 Å². The van der Waals surface area contributed by atoms with Crippen molar-refractivity contribution in [2.24, 2.45) is 0 Å². The molecule has 0 saturated heterocycles. The number of H-pyrrole nitrogens is 1. The number of halogens is 2. The lowest BCUT2D eigenvalue weighted by Gasteiger charge is -2.20. The molecule has 0 bridgehead atoms. The molecule has 0 spiro atoms. The number of nitrogens with one attached hydrogen (secondary N) is 1. The van der Waals surface area contributed by atoms with Crippen LogP contribution in [0.5, 0.6) is 0 Å². The number of anilines is 1. The normalized spacial score (nSPS) is 11.8. The van der Waals surface area contributed by atoms with E-state index in [0.29, 0.717) is 21.2 Å². The number of para-hydroxylation sites is 1. The van der Waals surface area contributed by atoms with Crippen molar-refractivity contribution < 1.29 is 8.42 Å². The highest BCUT2D eigenvalue weighted by atomic mass is 35.5. The number of nitrogens with zero attached hydrogens (tertiary/aromatic N) is 1. The van der Waals surface area contributed by atoms with Gasteiger partial charge in [-0.25, -0.2) is 8.42 Å². The minimum atomic E-state index is -3.71. The molecule has 0 radical (unpaired) electrons. The van der Waals surface area contributed by atoms with E-state index in [0.717, 1.165) is 5.39 Å². The summed E-state index contributed by atoms with van der Waals surface area (Å²) in [6.45, 7) is 0. The minimum Gasteiger partial charge on any atom is -0.358 e. The standard InChI is InChI=1S/C15H12Cl2N2O2S/c1-19(22(20,21)11-5-2-4-10(16)8-11)14-7-3-6-12-13(17)9-18-15(12)14/h2-9,18H,1H3. The highest BCUT2D eigenvalue weighted by molar-refractivity contribution is 7.92. The molecule has 0 amide bonds. The smallest absolute Gasteiger partial charge is 0.264 e. The predicted molar refractivity (Wildman–Crippen MR) is 90.3 cm³/mol. The van der Waals surface area contributed by atoms with E-state index < -0.39 is 10.0 Å². The lowest BCUT2D eigenvalue weighted by molar-refractivity contribution is 0.594. The SMILES string of the molecule is CN(c1cccc2c(Cl)c[nH]c12)S(=O)(=O)c1cccc(Cl)c1. The fraction of sp³-hybridized carbons (Fsp3) is 0.0667. The molecule has 3 rings (SSSR count). The molecule has 1 heterocycles. The molecule has 0 aliphatic heterocycles.